The van der Waals surface area contributed by atoms with Gasteiger partial charge in [-0.05, 0) is 0 Å². The summed E-state index contributed by atoms with van der Waals surface area (Å²) in [5.41, 5.74) is 1.99. The Morgan fingerprint density at radius 3 is 2.35 bits per heavy atom. The average Bonchev–Trinajstić information content (AvgIpc) is 2.35. The summed E-state index contributed by atoms with van der Waals surface area (Å²) >= 11 is 3.65. The number of aliphatic hydroxyl groups is 5. The molecule has 4 atom stereocenters. The number of nitrogens with one attached hydrogen (secondary N) is 1. The first-order valence-electron chi connectivity index (χ1n) is 4.70. The smallest absolute Gasteiger partial charge is 0.249 e. The molecular weight excluding hydrogens is 252 g/mol. The molecule has 9 heteroatoms. The minimum Gasteiger partial charge on any atom is -0.394 e. The first kappa shape index (κ1) is 16.3. The zero-order chi connectivity index (χ0) is 13.4. The van der Waals surface area contributed by atoms with E-state index in [9.17, 15) is 20.1 Å². The van der Waals surface area contributed by atoms with Gasteiger partial charge in [0.2, 0.25) is 5.91 Å². The lowest BCUT2D eigenvalue weighted by Crippen LogP contribution is -2.46. The average molecular weight is 268 g/mol. The van der Waals surface area contributed by atoms with E-state index in [1.165, 1.54) is 0 Å². The van der Waals surface area contributed by atoms with Crippen LogP contribution in [-0.4, -0.2) is 74.4 Å². The van der Waals surface area contributed by atoms with E-state index >= 15 is 0 Å². The van der Waals surface area contributed by atoms with E-state index < -0.39 is 36.9 Å². The van der Waals surface area contributed by atoms with Crippen molar-refractivity contribution in [1.29, 1.82) is 0 Å². The molecule has 1 amide bonds. The van der Waals surface area contributed by atoms with E-state index in [4.69, 9.17) is 10.2 Å². The summed E-state index contributed by atoms with van der Waals surface area (Å²) < 4.78 is 0. The van der Waals surface area contributed by atoms with Crippen LogP contribution in [0.4, 0.5) is 0 Å². The van der Waals surface area contributed by atoms with E-state index in [0.29, 0.717) is 0 Å². The van der Waals surface area contributed by atoms with E-state index in [0.717, 1.165) is 6.21 Å². The third kappa shape index (κ3) is 5.96. The fourth-order valence-corrected chi connectivity index (χ4v) is 0.918. The number of amides is 1. The Bertz CT molecular complexity index is 264. The van der Waals surface area contributed by atoms with Gasteiger partial charge in [-0.25, -0.2) is 5.43 Å². The van der Waals surface area contributed by atoms with Gasteiger partial charge in [0.05, 0.1) is 18.6 Å². The molecule has 0 unspecified atom stereocenters. The van der Waals surface area contributed by atoms with Crippen LogP contribution >= 0.6 is 12.6 Å². The molecule has 0 rings (SSSR count). The maximum atomic E-state index is 10.7. The van der Waals surface area contributed by atoms with Crippen molar-refractivity contribution in [3.63, 3.8) is 0 Å². The molecule has 0 saturated carbocycles. The summed E-state index contributed by atoms with van der Waals surface area (Å²) in [4.78, 5) is 10.7. The Morgan fingerprint density at radius 2 is 1.88 bits per heavy atom. The Balaban J connectivity index is 4.21. The predicted octanol–water partition coefficient (Wildman–Crippen LogP) is -3.55. The van der Waals surface area contributed by atoms with E-state index in [2.05, 4.69) is 17.7 Å². The monoisotopic (exact) mass is 268 g/mol. The summed E-state index contributed by atoms with van der Waals surface area (Å²) in [6.07, 6.45) is -5.89. The van der Waals surface area contributed by atoms with Crippen molar-refractivity contribution in [3.8, 4) is 0 Å². The molecule has 0 aliphatic heterocycles. The van der Waals surface area contributed by atoms with Gasteiger partial charge in [0.25, 0.3) is 0 Å². The molecular formula is C8H16N2O6S. The zero-order valence-corrected chi connectivity index (χ0v) is 9.73. The zero-order valence-electron chi connectivity index (χ0n) is 8.84. The molecule has 0 bridgehead atoms. The van der Waals surface area contributed by atoms with Crippen molar-refractivity contribution in [2.75, 3.05) is 12.4 Å². The fraction of sp³-hybridized carbons (Fsp3) is 0.750. The summed E-state index contributed by atoms with van der Waals surface area (Å²) in [5.74, 6) is -0.607. The Labute approximate surface area is 103 Å². The van der Waals surface area contributed by atoms with E-state index in [1.54, 1.807) is 0 Å². The summed E-state index contributed by atoms with van der Waals surface area (Å²) in [5, 5.41) is 48.7. The van der Waals surface area contributed by atoms with Crippen LogP contribution < -0.4 is 5.43 Å². The molecule has 0 radical (unpaired) electrons. The van der Waals surface area contributed by atoms with Gasteiger partial charge in [-0.2, -0.15) is 17.7 Å². The number of hydrogen-bond acceptors (Lipinski definition) is 8. The number of thiol groups is 1. The van der Waals surface area contributed by atoms with Gasteiger partial charge < -0.3 is 25.5 Å². The molecule has 0 spiro atoms. The number of hydrazone groups is 1. The van der Waals surface area contributed by atoms with Crippen molar-refractivity contribution in [2.45, 2.75) is 24.4 Å². The normalized spacial score (nSPS) is 18.7. The number of aliphatic hydroxyl groups excluding tert-OH is 5. The molecule has 17 heavy (non-hydrogen) atoms. The summed E-state index contributed by atoms with van der Waals surface area (Å²) in [7, 11) is 0. The maximum absolute atomic E-state index is 10.7. The third-order valence-corrected chi connectivity index (χ3v) is 2.13. The van der Waals surface area contributed by atoms with Crippen molar-refractivity contribution in [3.05, 3.63) is 0 Å². The lowest BCUT2D eigenvalue weighted by Gasteiger charge is -2.23. The van der Waals surface area contributed by atoms with Gasteiger partial charge in [0.15, 0.2) is 0 Å². The molecule has 100 valence electrons. The van der Waals surface area contributed by atoms with Crippen LogP contribution in [0, 0.1) is 0 Å². The molecule has 0 aliphatic carbocycles. The second-order valence-electron chi connectivity index (χ2n) is 3.19. The van der Waals surface area contributed by atoms with Crippen molar-refractivity contribution in [1.82, 2.24) is 5.43 Å². The Hall–Kier alpha value is -0.710. The van der Waals surface area contributed by atoms with Gasteiger partial charge >= 0.3 is 0 Å². The number of hydrogen-bond donors (Lipinski definition) is 7. The summed E-state index contributed by atoms with van der Waals surface area (Å²) in [6, 6.07) is 0. The first-order chi connectivity index (χ1) is 7.93. The quantitative estimate of drug-likeness (QED) is 0.145. The molecule has 0 fully saturated rings. The van der Waals surface area contributed by atoms with Crippen LogP contribution in [0.2, 0.25) is 0 Å². The number of carbonyl (C=O) groups is 1. The first-order valence-corrected chi connectivity index (χ1v) is 5.33. The van der Waals surface area contributed by atoms with Crippen molar-refractivity contribution in [2.24, 2.45) is 5.10 Å². The highest BCUT2D eigenvalue weighted by Gasteiger charge is 2.29. The highest BCUT2D eigenvalue weighted by molar-refractivity contribution is 7.81. The number of nitrogens with zero attached hydrogens (tertiary/aromatic N) is 1. The second kappa shape index (κ2) is 8.39. The van der Waals surface area contributed by atoms with Crippen LogP contribution in [0.25, 0.3) is 0 Å². The van der Waals surface area contributed by atoms with Crippen LogP contribution in [0.15, 0.2) is 5.10 Å². The van der Waals surface area contributed by atoms with E-state index in [-0.39, 0.29) is 5.75 Å². The van der Waals surface area contributed by atoms with Crippen LogP contribution in [-0.2, 0) is 4.79 Å². The third-order valence-electron chi connectivity index (χ3n) is 1.84. The minimum absolute atomic E-state index is 0.0954. The lowest BCUT2D eigenvalue weighted by molar-refractivity contribution is -0.118. The highest BCUT2D eigenvalue weighted by atomic mass is 32.1. The molecule has 0 aromatic heterocycles. The van der Waals surface area contributed by atoms with Crippen LogP contribution in [0.3, 0.4) is 0 Å². The topological polar surface area (TPSA) is 143 Å². The standard InChI is InChI=1S/C8H16N2O6S/c11-2-5(13)8(16)7(15)4(12)1-9-10-6(14)3-17/h1,4-5,7-8,11-13,15-17H,2-3H2,(H,10,14)/t4-,5+,7+,8-/m0/s1. The largest absolute Gasteiger partial charge is 0.394 e. The van der Waals surface area contributed by atoms with Crippen LogP contribution in [0.5, 0.6) is 0 Å². The predicted molar refractivity (Wildman–Crippen MR) is 61.6 cm³/mol. The number of carbonyl (C=O) groups excluding carboxylic acids is 1. The molecule has 0 aromatic rings. The van der Waals surface area contributed by atoms with Gasteiger partial charge in [-0.15, -0.1) is 0 Å². The minimum atomic E-state index is -1.74. The van der Waals surface area contributed by atoms with Gasteiger partial charge in [0, 0.05) is 0 Å². The number of rotatable bonds is 7. The van der Waals surface area contributed by atoms with Crippen LogP contribution in [0.1, 0.15) is 0 Å². The molecule has 0 aromatic carbocycles. The van der Waals surface area contributed by atoms with Crippen molar-refractivity contribution >= 4 is 24.8 Å². The van der Waals surface area contributed by atoms with Gasteiger partial charge in [0.1, 0.15) is 24.4 Å². The Kier molecular flexibility index (Phi) is 8.04. The molecule has 8 nitrogen and oxygen atoms in total. The Morgan fingerprint density at radius 1 is 1.29 bits per heavy atom. The lowest BCUT2D eigenvalue weighted by atomic mass is 10.0. The van der Waals surface area contributed by atoms with Crippen molar-refractivity contribution < 1.29 is 30.3 Å². The molecule has 0 heterocycles. The second-order valence-corrected chi connectivity index (χ2v) is 3.51. The summed E-state index contributed by atoms with van der Waals surface area (Å²) in [6.45, 7) is -0.765. The fourth-order valence-electron chi connectivity index (χ4n) is 0.847. The van der Waals surface area contributed by atoms with E-state index in [1.807, 2.05) is 5.43 Å². The van der Waals surface area contributed by atoms with Gasteiger partial charge in [-0.1, -0.05) is 0 Å². The SMILES string of the molecule is O=C(CS)NN=C[C@H](O)[C@@H](O)[C@@H](O)[C@H](O)CO. The van der Waals surface area contributed by atoms with Gasteiger partial charge in [-0.3, -0.25) is 4.79 Å². The highest BCUT2D eigenvalue weighted by Crippen LogP contribution is 2.03. The molecule has 0 saturated heterocycles. The molecule has 0 aliphatic rings. The maximum Gasteiger partial charge on any atom is 0.249 e. The molecule has 6 N–H and O–H groups in total.